The quantitative estimate of drug-likeness (QED) is 0.497. The van der Waals surface area contributed by atoms with Gasteiger partial charge in [0.15, 0.2) is 0 Å². The van der Waals surface area contributed by atoms with Crippen LogP contribution >= 0.6 is 11.8 Å². The van der Waals surface area contributed by atoms with E-state index in [1.165, 1.54) is 9.32 Å². The van der Waals surface area contributed by atoms with Gasteiger partial charge in [-0.3, -0.25) is 0 Å². The number of benzene rings is 1. The first-order chi connectivity index (χ1) is 4.95. The summed E-state index contributed by atoms with van der Waals surface area (Å²) >= 11 is 2.67. The zero-order valence-electron chi connectivity index (χ0n) is 5.46. The van der Waals surface area contributed by atoms with Crippen molar-refractivity contribution in [3.8, 4) is 0 Å². The summed E-state index contributed by atoms with van der Waals surface area (Å²) in [7, 11) is 0. The van der Waals surface area contributed by atoms with E-state index in [4.69, 9.17) is 0 Å². The third kappa shape index (κ3) is 1.89. The molecule has 1 aromatic carbocycles. The molecule has 1 saturated heterocycles. The second kappa shape index (κ2) is 3.13. The van der Waals surface area contributed by atoms with Crippen LogP contribution in [0.4, 0.5) is 0 Å². The standard InChI is InChI=1S/C8H8IS/c1-2-4-7(5-3-1)10-8-6-9-8/h1-5,8H,6H2/q-1. The molecule has 1 aromatic rings. The number of halogens is 1. The maximum absolute atomic E-state index is 2.20. The summed E-state index contributed by atoms with van der Waals surface area (Å²) in [6.07, 6.45) is 0. The van der Waals surface area contributed by atoms with E-state index in [0.29, 0.717) is 21.2 Å². The summed E-state index contributed by atoms with van der Waals surface area (Å²) in [6.45, 7) is 0. The SMILES string of the molecule is c1ccc(SC2C[I-]2)cc1. The maximum atomic E-state index is 2.20. The Hall–Kier alpha value is 0.300. The van der Waals surface area contributed by atoms with Crippen molar-refractivity contribution in [1.29, 1.82) is 0 Å². The van der Waals surface area contributed by atoms with Crippen LogP contribution in [0, 0.1) is 0 Å². The third-order valence-corrected chi connectivity index (χ3v) is 6.14. The molecule has 0 nitrogen and oxygen atoms in total. The Labute approximate surface area is 75.7 Å². The van der Waals surface area contributed by atoms with Crippen LogP contribution in [0.25, 0.3) is 0 Å². The first kappa shape index (κ1) is 6.98. The van der Waals surface area contributed by atoms with Gasteiger partial charge in [-0.05, 0) is 0 Å². The van der Waals surface area contributed by atoms with E-state index in [0.717, 1.165) is 3.26 Å². The van der Waals surface area contributed by atoms with Crippen molar-refractivity contribution in [2.75, 3.05) is 4.43 Å². The third-order valence-electron chi connectivity index (χ3n) is 1.29. The molecule has 0 N–H and O–H groups in total. The van der Waals surface area contributed by atoms with Crippen LogP contribution in [0.5, 0.6) is 0 Å². The first-order valence-electron chi connectivity index (χ1n) is 3.24. The summed E-state index contributed by atoms with van der Waals surface area (Å²) in [5.74, 6) is 0. The summed E-state index contributed by atoms with van der Waals surface area (Å²) in [5, 5.41) is 0. The Morgan fingerprint density at radius 3 is 2.60 bits per heavy atom. The van der Waals surface area contributed by atoms with Crippen LogP contribution in [-0.2, 0) is 0 Å². The Morgan fingerprint density at radius 2 is 2.00 bits per heavy atom. The zero-order valence-corrected chi connectivity index (χ0v) is 8.43. The Balaban J connectivity index is 2.03. The monoisotopic (exact) mass is 263 g/mol. The molecule has 1 aliphatic heterocycles. The topological polar surface area (TPSA) is 0 Å². The van der Waals surface area contributed by atoms with Gasteiger partial charge in [0, 0.05) is 0 Å². The molecule has 2 rings (SSSR count). The van der Waals surface area contributed by atoms with Crippen LogP contribution in [-0.4, -0.2) is 7.68 Å². The molecule has 0 bridgehead atoms. The molecule has 10 heavy (non-hydrogen) atoms. The average molecular weight is 263 g/mol. The molecule has 0 saturated carbocycles. The van der Waals surface area contributed by atoms with Gasteiger partial charge in [-0.1, -0.05) is 0 Å². The summed E-state index contributed by atoms with van der Waals surface area (Å²) in [5.41, 5.74) is 0. The fraction of sp³-hybridized carbons (Fsp3) is 0.250. The number of alkyl halides is 2. The Bertz CT molecular complexity index is 206. The summed E-state index contributed by atoms with van der Waals surface area (Å²) < 4.78 is 2.57. The van der Waals surface area contributed by atoms with Crippen LogP contribution in [0.3, 0.4) is 0 Å². The zero-order chi connectivity index (χ0) is 6.81. The average Bonchev–Trinajstić information content (AvgIpc) is 2.74. The van der Waals surface area contributed by atoms with Crippen molar-refractivity contribution in [2.45, 2.75) is 8.15 Å². The van der Waals surface area contributed by atoms with Crippen molar-refractivity contribution < 1.29 is 21.2 Å². The normalized spacial score (nSPS) is 23.4. The minimum atomic E-state index is 0.611. The fourth-order valence-corrected chi connectivity index (χ4v) is 4.14. The molecule has 1 unspecified atom stereocenters. The number of thioether (sulfide) groups is 1. The van der Waals surface area contributed by atoms with Crippen molar-refractivity contribution in [2.24, 2.45) is 0 Å². The molecule has 1 fully saturated rings. The summed E-state index contributed by atoms with van der Waals surface area (Å²) in [4.78, 5) is 1.45. The van der Waals surface area contributed by atoms with E-state index < -0.39 is 0 Å². The second-order valence-electron chi connectivity index (χ2n) is 2.15. The molecular formula is C8H8IS-. The number of rotatable bonds is 2. The van der Waals surface area contributed by atoms with Gasteiger partial charge in [0.05, 0.1) is 0 Å². The van der Waals surface area contributed by atoms with Gasteiger partial charge >= 0.3 is 75.9 Å². The van der Waals surface area contributed by atoms with Crippen molar-refractivity contribution in [3.63, 3.8) is 0 Å². The Kier molecular flexibility index (Phi) is 2.19. The molecular weight excluding hydrogens is 255 g/mol. The van der Waals surface area contributed by atoms with Gasteiger partial charge in [-0.2, -0.15) is 0 Å². The van der Waals surface area contributed by atoms with Crippen LogP contribution < -0.4 is 21.2 Å². The van der Waals surface area contributed by atoms with Gasteiger partial charge < -0.3 is 0 Å². The summed E-state index contributed by atoms with van der Waals surface area (Å²) in [6, 6.07) is 10.7. The molecule has 2 heteroatoms. The van der Waals surface area contributed by atoms with Gasteiger partial charge in [-0.15, -0.1) is 0 Å². The van der Waals surface area contributed by atoms with Gasteiger partial charge in [-0.25, -0.2) is 0 Å². The number of hydrogen-bond acceptors (Lipinski definition) is 1. The second-order valence-corrected chi connectivity index (χ2v) is 7.54. The molecule has 0 aliphatic carbocycles. The van der Waals surface area contributed by atoms with E-state index in [-0.39, 0.29) is 0 Å². The van der Waals surface area contributed by atoms with E-state index >= 15 is 0 Å². The predicted octanol–water partition coefficient (Wildman–Crippen LogP) is -0.793. The minimum absolute atomic E-state index is 0.611. The van der Waals surface area contributed by atoms with E-state index in [2.05, 4.69) is 42.1 Å². The molecule has 0 amide bonds. The van der Waals surface area contributed by atoms with Crippen LogP contribution in [0.15, 0.2) is 35.2 Å². The fourth-order valence-electron chi connectivity index (χ4n) is 0.746. The molecule has 0 radical (unpaired) electrons. The van der Waals surface area contributed by atoms with Gasteiger partial charge in [0.1, 0.15) is 0 Å². The van der Waals surface area contributed by atoms with Crippen LogP contribution in [0.1, 0.15) is 0 Å². The first-order valence-corrected chi connectivity index (χ1v) is 6.90. The van der Waals surface area contributed by atoms with Gasteiger partial charge in [0.2, 0.25) is 0 Å². The Morgan fingerprint density at radius 1 is 1.30 bits per heavy atom. The molecule has 0 spiro atoms. The van der Waals surface area contributed by atoms with E-state index in [1.807, 2.05) is 0 Å². The molecule has 1 heterocycles. The van der Waals surface area contributed by atoms with Crippen molar-refractivity contribution in [3.05, 3.63) is 30.3 Å². The molecule has 1 aliphatic rings. The van der Waals surface area contributed by atoms with E-state index in [1.54, 1.807) is 0 Å². The van der Waals surface area contributed by atoms with Crippen molar-refractivity contribution >= 4 is 11.8 Å². The predicted molar refractivity (Wildman–Crippen MR) is 41.0 cm³/mol. The molecule has 54 valence electrons. The molecule has 1 atom stereocenters. The molecule has 0 aromatic heterocycles. The van der Waals surface area contributed by atoms with Gasteiger partial charge in [0.25, 0.3) is 0 Å². The number of hydrogen-bond donors (Lipinski definition) is 0. The van der Waals surface area contributed by atoms with Crippen molar-refractivity contribution in [1.82, 2.24) is 0 Å². The van der Waals surface area contributed by atoms with E-state index in [9.17, 15) is 0 Å². The van der Waals surface area contributed by atoms with Crippen LogP contribution in [0.2, 0.25) is 0 Å².